The van der Waals surface area contributed by atoms with Gasteiger partial charge in [-0.05, 0) is 19.1 Å². The molecule has 0 aromatic rings. The van der Waals surface area contributed by atoms with Crippen molar-refractivity contribution in [1.29, 1.82) is 0 Å². The molecule has 0 aromatic carbocycles. The molecule has 0 fully saturated rings. The van der Waals surface area contributed by atoms with E-state index in [2.05, 4.69) is 4.40 Å². The van der Waals surface area contributed by atoms with E-state index < -0.39 is 0 Å². The maximum Gasteiger partial charge on any atom is 0 e. The Labute approximate surface area is 184 Å². The predicted molar refractivity (Wildman–Crippen MR) is 69.8 cm³/mol. The number of aldehydes is 1. The van der Waals surface area contributed by atoms with Crippen molar-refractivity contribution < 1.29 is 99.2 Å². The van der Waals surface area contributed by atoms with Crippen molar-refractivity contribution in [2.24, 2.45) is 0 Å². The summed E-state index contributed by atoms with van der Waals surface area (Å²) in [5.74, 6) is 2.08. The van der Waals surface area contributed by atoms with Gasteiger partial charge < -0.3 is 15.5 Å². The quantitative estimate of drug-likeness (QED) is 0.318. The van der Waals surface area contributed by atoms with Crippen LogP contribution in [0.1, 0.15) is 53.4 Å². The standard InChI is InChI=1S/C7H11O2.C7H11O.W.2Y/c1-6(7(2)9)4-3-5-8;1-4-5-6(2)7(3)8;;;/h5H,3-4H2,1-2H3;1H,4-5H2,2-3H3;;;/q2*-1;;;. The van der Waals surface area contributed by atoms with E-state index in [0.717, 1.165) is 31.0 Å². The molecule has 0 heterocycles. The summed E-state index contributed by atoms with van der Waals surface area (Å²) in [5, 5.41) is 0. The Hall–Kier alpha value is 1.52. The normalized spacial score (nSPS) is 7.80. The number of Topliss-reactive ketones (excluding diaryl/α,β-unsaturated/α-hetero) is 2. The first-order valence-electron chi connectivity index (χ1n) is 5.90. The Morgan fingerprint density at radius 1 is 0.950 bits per heavy atom. The van der Waals surface area contributed by atoms with Gasteiger partial charge in [-0.15, -0.1) is 0 Å². The van der Waals surface area contributed by atoms with E-state index in [1.54, 1.807) is 13.8 Å². The largest absolute Gasteiger partial charge is 0 e. The summed E-state index contributed by atoms with van der Waals surface area (Å²) in [5.41, 5.74) is 0. The molecule has 0 spiro atoms. The minimum Gasteiger partial charge on any atom is 0 e. The summed E-state index contributed by atoms with van der Waals surface area (Å²) in [6, 6.07) is 0. The summed E-state index contributed by atoms with van der Waals surface area (Å²) in [6.45, 7) is 6.80. The number of carbonyl (C=O) groups excluding carboxylic acids is 3. The Balaban J connectivity index is -0.000000116. The number of carbonyl (C=O) groups is 3. The van der Waals surface area contributed by atoms with Gasteiger partial charge in [-0.1, -0.05) is 0 Å². The first-order chi connectivity index (χ1) is 8.36. The third kappa shape index (κ3) is 21.8. The minimum absolute atomic E-state index is 0. The van der Waals surface area contributed by atoms with E-state index in [4.69, 9.17) is 0 Å². The first kappa shape index (κ1) is 29.5. The van der Waals surface area contributed by atoms with E-state index in [0.29, 0.717) is 12.8 Å². The van der Waals surface area contributed by atoms with Crippen LogP contribution in [0, 0.1) is 11.8 Å². The second-order valence-electron chi connectivity index (χ2n) is 4.08. The topological polar surface area (TPSA) is 51.2 Å². The molecule has 2 radical (unpaired) electrons. The van der Waals surface area contributed by atoms with Gasteiger partial charge in [0.1, 0.15) is 6.29 Å². The molecule has 20 heavy (non-hydrogen) atoms. The Morgan fingerprint density at radius 2 is 1.30 bits per heavy atom. The van der Waals surface area contributed by atoms with Gasteiger partial charge in [0.15, 0.2) is 0 Å². The summed E-state index contributed by atoms with van der Waals surface area (Å²) in [7, 11) is 0. The van der Waals surface area contributed by atoms with Gasteiger partial charge in [0.25, 0.3) is 0 Å². The molecule has 0 N–H and O–H groups in total. The molecule has 6 heteroatoms. The smallest absolute Gasteiger partial charge is 0 e. The van der Waals surface area contributed by atoms with Gasteiger partial charge in [0.2, 0.25) is 0 Å². The molecule has 0 aromatic heterocycles. The van der Waals surface area contributed by atoms with E-state index in [-0.39, 0.29) is 77.0 Å². The summed E-state index contributed by atoms with van der Waals surface area (Å²) in [4.78, 5) is 30.9. The average molecular weight is 600 g/mol. The van der Waals surface area contributed by atoms with Gasteiger partial charge in [-0.3, -0.25) is 0 Å². The van der Waals surface area contributed by atoms with Crippen LogP contribution in [0.3, 0.4) is 0 Å². The van der Waals surface area contributed by atoms with Crippen LogP contribution >= 0.6 is 0 Å². The van der Waals surface area contributed by atoms with Crippen molar-refractivity contribution in [2.75, 3.05) is 0 Å². The second-order valence-corrected chi connectivity index (χ2v) is 5.28. The maximum atomic E-state index is 10.6. The molecule has 0 bridgehead atoms. The van der Waals surface area contributed by atoms with Gasteiger partial charge in [-0.2, -0.15) is 13.3 Å². The van der Waals surface area contributed by atoms with Crippen molar-refractivity contribution in [2.45, 2.75) is 53.4 Å². The third-order valence-corrected chi connectivity index (χ3v) is 3.32. The molecule has 0 amide bonds. The van der Waals surface area contributed by atoms with Crippen LogP contribution in [0.5, 0.6) is 0 Å². The molecule has 110 valence electrons. The second kappa shape index (κ2) is 20.5. The number of ketones is 2. The van der Waals surface area contributed by atoms with E-state index in [9.17, 15) is 14.4 Å². The molecular weight excluding hydrogens is 578 g/mol. The minimum atomic E-state index is 0. The van der Waals surface area contributed by atoms with Crippen LogP contribution < -0.4 is 0 Å². The molecule has 0 saturated carbocycles. The fourth-order valence-electron chi connectivity index (χ4n) is 0.903. The monoisotopic (exact) mass is 600 g/mol. The zero-order valence-electron chi connectivity index (χ0n) is 12.8. The predicted octanol–water partition coefficient (Wildman–Crippen LogP) is 2.44. The van der Waals surface area contributed by atoms with Crippen molar-refractivity contribution in [3.05, 3.63) is 11.8 Å². The van der Waals surface area contributed by atoms with Gasteiger partial charge >= 0.3 is 66.9 Å². The van der Waals surface area contributed by atoms with E-state index >= 15 is 0 Å². The molecule has 0 aliphatic rings. The van der Waals surface area contributed by atoms with Gasteiger partial charge in [-0.25, -0.2) is 0 Å². The molecule has 0 unspecified atom stereocenters. The van der Waals surface area contributed by atoms with Crippen molar-refractivity contribution in [3.8, 4) is 0 Å². The zero-order valence-corrected chi connectivity index (χ0v) is 21.4. The van der Waals surface area contributed by atoms with E-state index in [1.807, 2.05) is 6.92 Å². The Morgan fingerprint density at radius 3 is 1.55 bits per heavy atom. The first-order valence-corrected chi connectivity index (χ1v) is 7.60. The average Bonchev–Trinajstić information content (AvgIpc) is 2.33. The molecule has 0 rings (SSSR count). The molecule has 3 nitrogen and oxygen atoms in total. The fourth-order valence-corrected chi connectivity index (χ4v) is 1.33. The molecular formula is C14H22O3WY2-2. The molecule has 0 saturated heterocycles. The molecule has 0 aliphatic carbocycles. The molecule has 0 atom stereocenters. The summed E-state index contributed by atoms with van der Waals surface area (Å²) in [6.07, 6.45) is 3.90. The van der Waals surface area contributed by atoms with Gasteiger partial charge in [0.05, 0.1) is 0 Å². The molecule has 0 aliphatic heterocycles. The van der Waals surface area contributed by atoms with Crippen LogP contribution in [-0.4, -0.2) is 22.3 Å². The Bertz CT molecular complexity index is 256. The zero-order chi connectivity index (χ0) is 14.6. The van der Waals surface area contributed by atoms with Crippen LogP contribution in [-0.2, 0) is 99.2 Å². The van der Waals surface area contributed by atoms with Crippen molar-refractivity contribution in [3.63, 3.8) is 0 Å². The van der Waals surface area contributed by atoms with Crippen LogP contribution in [0.25, 0.3) is 0 Å². The Kier molecular flexibility index (Phi) is 30.3. The number of hydrogen-bond acceptors (Lipinski definition) is 3. The van der Waals surface area contributed by atoms with Crippen molar-refractivity contribution in [1.82, 2.24) is 0 Å². The number of rotatable bonds is 8. The van der Waals surface area contributed by atoms with Crippen LogP contribution in [0.2, 0.25) is 0 Å². The summed E-state index contributed by atoms with van der Waals surface area (Å²) < 4.78 is 2.16. The fraction of sp³-hybridized carbons (Fsp3) is 0.571. The maximum absolute atomic E-state index is 10.6. The van der Waals surface area contributed by atoms with E-state index in [1.165, 1.54) is 26.3 Å². The van der Waals surface area contributed by atoms with Crippen molar-refractivity contribution >= 4 is 22.3 Å². The SMILES string of the molecule is CC(=O)[C-](C)CCC=O.CC(=O)[C-](C)CC[CH]=[W].[Y].[Y]. The summed E-state index contributed by atoms with van der Waals surface area (Å²) >= 11 is 1.49. The van der Waals surface area contributed by atoms with Crippen LogP contribution in [0.15, 0.2) is 0 Å². The van der Waals surface area contributed by atoms with Gasteiger partial charge in [0, 0.05) is 65.4 Å². The third-order valence-electron chi connectivity index (χ3n) is 2.48. The number of hydrogen-bond donors (Lipinski definition) is 0. The van der Waals surface area contributed by atoms with Crippen LogP contribution in [0.4, 0.5) is 0 Å².